The van der Waals surface area contributed by atoms with E-state index in [9.17, 15) is 25.2 Å². The molecule has 0 bridgehead atoms. The van der Waals surface area contributed by atoms with E-state index < -0.39 is 12.0 Å². The molecule has 0 fully saturated rings. The molecule has 3 N–H and O–H groups in total. The highest BCUT2D eigenvalue weighted by atomic mass is 16.4. The Kier molecular flexibility index (Phi) is 15.4. The molecule has 0 radical (unpaired) electrons. The topological polar surface area (TPSA) is 101 Å². The van der Waals surface area contributed by atoms with E-state index in [1.807, 2.05) is 6.92 Å². The van der Waals surface area contributed by atoms with Crippen LogP contribution in [0.15, 0.2) is 23.7 Å². The van der Waals surface area contributed by atoms with Crippen molar-refractivity contribution in [3.63, 3.8) is 0 Å². The fraction of sp³-hybridized carbons (Fsp3) is 0.783. The van der Waals surface area contributed by atoms with E-state index in [-0.39, 0.29) is 42.2 Å². The van der Waals surface area contributed by atoms with E-state index >= 15 is 0 Å². The van der Waals surface area contributed by atoms with E-state index in [4.69, 9.17) is 0 Å². The van der Waals surface area contributed by atoms with Gasteiger partial charge in [-0.2, -0.15) is 0 Å². The van der Waals surface area contributed by atoms with Crippen LogP contribution in [0.3, 0.4) is 0 Å². The minimum atomic E-state index is -1.21. The third-order valence-corrected chi connectivity index (χ3v) is 5.37. The van der Waals surface area contributed by atoms with Crippen LogP contribution in [0.4, 0.5) is 0 Å². The van der Waals surface area contributed by atoms with Crippen LogP contribution in [0.25, 0.3) is 0 Å². The second-order valence-electron chi connectivity index (χ2n) is 7.99. The number of nitrogens with zero attached hydrogens (tertiary/aromatic N) is 1. The molecule has 0 saturated heterocycles. The summed E-state index contributed by atoms with van der Waals surface area (Å²) < 4.78 is -0.140. The van der Waals surface area contributed by atoms with Gasteiger partial charge in [0.15, 0.2) is 0 Å². The minimum Gasteiger partial charge on any atom is -0.544 e. The van der Waals surface area contributed by atoms with Gasteiger partial charge in [0.25, 0.3) is 0 Å². The van der Waals surface area contributed by atoms with Crippen molar-refractivity contribution >= 4 is 5.97 Å². The molecule has 0 aromatic heterocycles. The van der Waals surface area contributed by atoms with Gasteiger partial charge in [0.05, 0.1) is 12.6 Å². The SMILES string of the molecule is CCCCC/C=C(\O)C[N+](CCO)(C/C(O)=C/CCCCC)C(CCC)C(=O)[O-]. The molecular weight excluding hydrogens is 370 g/mol. The summed E-state index contributed by atoms with van der Waals surface area (Å²) >= 11 is 0. The number of aliphatic carboxylic acids is 1. The highest BCUT2D eigenvalue weighted by Gasteiger charge is 2.39. The van der Waals surface area contributed by atoms with E-state index in [1.54, 1.807) is 12.2 Å². The Labute approximate surface area is 177 Å². The molecule has 29 heavy (non-hydrogen) atoms. The third-order valence-electron chi connectivity index (χ3n) is 5.37. The van der Waals surface area contributed by atoms with Crippen molar-refractivity contribution in [1.82, 2.24) is 0 Å². The van der Waals surface area contributed by atoms with Gasteiger partial charge in [-0.1, -0.05) is 52.9 Å². The molecule has 0 aromatic rings. The number of rotatable bonds is 18. The zero-order valence-corrected chi connectivity index (χ0v) is 18.7. The van der Waals surface area contributed by atoms with Gasteiger partial charge in [-0.05, 0) is 37.8 Å². The fourth-order valence-corrected chi connectivity index (χ4v) is 3.78. The Morgan fingerprint density at radius 2 is 1.38 bits per heavy atom. The molecule has 0 aromatic carbocycles. The lowest BCUT2D eigenvalue weighted by atomic mass is 10.0. The molecule has 0 heterocycles. The average molecular weight is 414 g/mol. The summed E-state index contributed by atoms with van der Waals surface area (Å²) in [5.41, 5.74) is 0. The Morgan fingerprint density at radius 3 is 1.72 bits per heavy atom. The number of aliphatic hydroxyl groups excluding tert-OH is 3. The summed E-state index contributed by atoms with van der Waals surface area (Å²) in [5.74, 6) is -0.996. The van der Waals surface area contributed by atoms with Crippen molar-refractivity contribution in [2.24, 2.45) is 0 Å². The second-order valence-corrected chi connectivity index (χ2v) is 7.99. The molecule has 6 heteroatoms. The van der Waals surface area contributed by atoms with Crippen molar-refractivity contribution in [3.8, 4) is 0 Å². The Bertz CT molecular complexity index is 473. The van der Waals surface area contributed by atoms with Crippen LogP contribution < -0.4 is 5.11 Å². The molecule has 0 rings (SSSR count). The smallest absolute Gasteiger partial charge is 0.143 e. The Balaban J connectivity index is 5.66. The summed E-state index contributed by atoms with van der Waals surface area (Å²) in [4.78, 5) is 12.0. The average Bonchev–Trinajstić information content (AvgIpc) is 2.66. The highest BCUT2D eigenvalue weighted by Crippen LogP contribution is 2.23. The van der Waals surface area contributed by atoms with Crippen LogP contribution >= 0.6 is 0 Å². The standard InChI is InChI=1S/C23H43NO5/c1-4-7-9-11-14-20(26)18-24(16-17-25,22(13-6-3)23(28)29)19-21(27)15-12-10-8-5-2/h14-15,22,25H,4-13,16-19H2,1-3H3,(H2-,26,27,28,29)/b20-14-,21-15-. The van der Waals surface area contributed by atoms with E-state index in [1.165, 1.54) is 0 Å². The number of unbranched alkanes of at least 4 members (excludes halogenated alkanes) is 6. The Morgan fingerprint density at radius 1 is 0.897 bits per heavy atom. The predicted molar refractivity (Wildman–Crippen MR) is 115 cm³/mol. The normalized spacial score (nSPS) is 15.9. The number of carboxylic acid groups (broad SMARTS) is 1. The van der Waals surface area contributed by atoms with Gasteiger partial charge in [0.2, 0.25) is 0 Å². The minimum absolute atomic E-state index is 0.0538. The maximum atomic E-state index is 12.0. The fourth-order valence-electron chi connectivity index (χ4n) is 3.78. The number of hydrogen-bond acceptors (Lipinski definition) is 5. The first-order valence-corrected chi connectivity index (χ1v) is 11.3. The summed E-state index contributed by atoms with van der Waals surface area (Å²) in [7, 11) is 0. The van der Waals surface area contributed by atoms with Gasteiger partial charge in [-0.15, -0.1) is 0 Å². The van der Waals surface area contributed by atoms with Gasteiger partial charge < -0.3 is 29.7 Å². The number of carboxylic acids is 1. The summed E-state index contributed by atoms with van der Waals surface area (Å²) in [6.07, 6.45) is 12.1. The number of quaternary nitrogens is 1. The van der Waals surface area contributed by atoms with Crippen molar-refractivity contribution in [1.29, 1.82) is 0 Å². The first-order valence-electron chi connectivity index (χ1n) is 11.3. The van der Waals surface area contributed by atoms with Crippen LogP contribution in [0, 0.1) is 0 Å². The van der Waals surface area contributed by atoms with Crippen molar-refractivity contribution < 1.29 is 29.7 Å². The summed E-state index contributed by atoms with van der Waals surface area (Å²) in [5, 5.41) is 42.7. The van der Waals surface area contributed by atoms with Crippen LogP contribution in [0.2, 0.25) is 0 Å². The third kappa shape index (κ3) is 11.3. The van der Waals surface area contributed by atoms with E-state index in [0.29, 0.717) is 12.8 Å². The summed E-state index contributed by atoms with van der Waals surface area (Å²) in [6, 6.07) is -0.912. The van der Waals surface area contributed by atoms with Gasteiger partial charge in [0, 0.05) is 6.42 Å². The van der Waals surface area contributed by atoms with Gasteiger partial charge in [0.1, 0.15) is 37.2 Å². The molecular formula is C23H43NO5. The van der Waals surface area contributed by atoms with Crippen molar-refractivity contribution in [3.05, 3.63) is 23.7 Å². The first-order chi connectivity index (χ1) is 13.9. The molecule has 1 unspecified atom stereocenters. The van der Waals surface area contributed by atoms with Crippen molar-refractivity contribution in [2.45, 2.75) is 91.0 Å². The zero-order chi connectivity index (χ0) is 22.1. The number of carbonyl (C=O) groups excluding carboxylic acids is 1. The molecule has 0 spiro atoms. The number of hydrogen-bond donors (Lipinski definition) is 3. The zero-order valence-electron chi connectivity index (χ0n) is 18.7. The molecule has 170 valence electrons. The van der Waals surface area contributed by atoms with Crippen LogP contribution in [0.5, 0.6) is 0 Å². The number of aliphatic hydroxyl groups is 3. The molecule has 1 atom stereocenters. The molecule has 0 aliphatic carbocycles. The van der Waals surface area contributed by atoms with Crippen LogP contribution in [0.1, 0.15) is 85.0 Å². The summed E-state index contributed by atoms with van der Waals surface area (Å²) in [6.45, 7) is 6.11. The van der Waals surface area contributed by atoms with Crippen molar-refractivity contribution in [2.75, 3.05) is 26.2 Å². The van der Waals surface area contributed by atoms with Crippen LogP contribution in [-0.2, 0) is 4.79 Å². The number of allylic oxidation sites excluding steroid dienone is 2. The maximum Gasteiger partial charge on any atom is 0.143 e. The molecule has 6 nitrogen and oxygen atoms in total. The highest BCUT2D eigenvalue weighted by molar-refractivity contribution is 5.69. The Hall–Kier alpha value is -1.53. The van der Waals surface area contributed by atoms with Gasteiger partial charge in [-0.3, -0.25) is 0 Å². The van der Waals surface area contributed by atoms with E-state index in [2.05, 4.69) is 13.8 Å². The van der Waals surface area contributed by atoms with Gasteiger partial charge in [-0.25, -0.2) is 0 Å². The lowest BCUT2D eigenvalue weighted by Gasteiger charge is -2.44. The maximum absolute atomic E-state index is 12.0. The number of carbonyl (C=O) groups is 1. The molecule has 0 saturated carbocycles. The predicted octanol–water partition coefficient (Wildman–Crippen LogP) is 3.76. The molecule has 0 aliphatic rings. The molecule has 0 amide bonds. The first kappa shape index (κ1) is 27.5. The lowest BCUT2D eigenvalue weighted by Crippen LogP contribution is -2.64. The molecule has 0 aliphatic heterocycles. The quantitative estimate of drug-likeness (QED) is 0.180. The van der Waals surface area contributed by atoms with Crippen LogP contribution in [-0.4, -0.2) is 58.1 Å². The lowest BCUT2D eigenvalue weighted by molar-refractivity contribution is -0.939. The largest absolute Gasteiger partial charge is 0.544 e. The van der Waals surface area contributed by atoms with E-state index in [0.717, 1.165) is 51.4 Å². The monoisotopic (exact) mass is 413 g/mol. The second kappa shape index (κ2) is 16.3. The van der Waals surface area contributed by atoms with Gasteiger partial charge >= 0.3 is 0 Å².